The number of anilines is 2. The maximum absolute atomic E-state index is 12.9. The van der Waals surface area contributed by atoms with Crippen molar-refractivity contribution in [2.45, 2.75) is 32.4 Å². The van der Waals surface area contributed by atoms with E-state index in [2.05, 4.69) is 4.98 Å². The summed E-state index contributed by atoms with van der Waals surface area (Å²) in [6.45, 7) is 5.02. The quantitative estimate of drug-likeness (QED) is 0.876. The molecule has 0 bridgehead atoms. The number of ether oxygens (including phenoxy) is 1. The van der Waals surface area contributed by atoms with E-state index in [1.165, 1.54) is 4.90 Å². The predicted octanol–water partition coefficient (Wildman–Crippen LogP) is 2.44. The molecule has 24 heavy (non-hydrogen) atoms. The normalized spacial score (nSPS) is 17.0. The van der Waals surface area contributed by atoms with Gasteiger partial charge in [0.2, 0.25) is 0 Å². The van der Waals surface area contributed by atoms with Crippen molar-refractivity contribution < 1.29 is 14.3 Å². The van der Waals surface area contributed by atoms with Crippen molar-refractivity contribution in [2.24, 2.45) is 0 Å². The lowest BCUT2D eigenvalue weighted by atomic mass is 9.99. The first-order chi connectivity index (χ1) is 11.3. The lowest BCUT2D eigenvalue weighted by Crippen LogP contribution is -2.57. The van der Waals surface area contributed by atoms with E-state index in [9.17, 15) is 9.59 Å². The van der Waals surface area contributed by atoms with Crippen LogP contribution >= 0.6 is 0 Å². The monoisotopic (exact) mass is 325 g/mol. The zero-order chi connectivity index (χ0) is 17.5. The number of hydrogen-bond donors (Lipinski definition) is 1. The molecule has 0 saturated heterocycles. The third kappa shape index (κ3) is 2.60. The number of pyridine rings is 1. The molecule has 0 fully saturated rings. The Morgan fingerprint density at radius 2 is 1.88 bits per heavy atom. The first-order valence-corrected chi connectivity index (χ1v) is 7.70. The standard InChI is InChI=1S/C18H19N3O3/c1-11(15(22)12-7-5-4-6-8-12)21-16-13(9-10-14(19)20-16)24-18(2,3)17(21)23/h4-11H,1-3H3,(H2,19,20). The zero-order valence-electron chi connectivity index (χ0n) is 13.8. The third-order valence-electron chi connectivity index (χ3n) is 4.01. The minimum atomic E-state index is -1.09. The molecule has 6 nitrogen and oxygen atoms in total. The van der Waals surface area contributed by atoms with Crippen LogP contribution in [0.1, 0.15) is 31.1 Å². The number of Topliss-reactive ketones (excluding diaryl/α,β-unsaturated/α-hetero) is 1. The molecule has 0 radical (unpaired) electrons. The molecule has 0 aliphatic carbocycles. The fraction of sp³-hybridized carbons (Fsp3) is 0.278. The van der Waals surface area contributed by atoms with Gasteiger partial charge in [0, 0.05) is 5.56 Å². The highest BCUT2D eigenvalue weighted by molar-refractivity contribution is 6.10. The molecule has 2 aromatic rings. The minimum absolute atomic E-state index is 0.170. The molecule has 1 amide bonds. The number of carbonyl (C=O) groups excluding carboxylic acids is 2. The second-order valence-corrected chi connectivity index (χ2v) is 6.25. The summed E-state index contributed by atoms with van der Waals surface area (Å²) >= 11 is 0. The zero-order valence-corrected chi connectivity index (χ0v) is 13.8. The van der Waals surface area contributed by atoms with E-state index >= 15 is 0 Å². The smallest absolute Gasteiger partial charge is 0.272 e. The summed E-state index contributed by atoms with van der Waals surface area (Å²) in [6, 6.07) is 11.4. The summed E-state index contributed by atoms with van der Waals surface area (Å²) < 4.78 is 5.73. The molecule has 2 heterocycles. The summed E-state index contributed by atoms with van der Waals surface area (Å²) in [6.07, 6.45) is 0. The van der Waals surface area contributed by atoms with Gasteiger partial charge >= 0.3 is 0 Å². The van der Waals surface area contributed by atoms with Crippen molar-refractivity contribution in [1.29, 1.82) is 0 Å². The van der Waals surface area contributed by atoms with E-state index in [0.29, 0.717) is 11.3 Å². The van der Waals surface area contributed by atoms with Crippen LogP contribution in [0.4, 0.5) is 11.6 Å². The van der Waals surface area contributed by atoms with Crippen LogP contribution in [0.3, 0.4) is 0 Å². The van der Waals surface area contributed by atoms with Crippen molar-refractivity contribution in [3.63, 3.8) is 0 Å². The van der Waals surface area contributed by atoms with Crippen LogP contribution in [0.15, 0.2) is 42.5 Å². The van der Waals surface area contributed by atoms with Crippen LogP contribution in [-0.4, -0.2) is 28.3 Å². The van der Waals surface area contributed by atoms with Gasteiger partial charge in [-0.25, -0.2) is 4.98 Å². The highest BCUT2D eigenvalue weighted by Gasteiger charge is 2.45. The minimum Gasteiger partial charge on any atom is -0.474 e. The molecule has 1 aliphatic rings. The Bertz CT molecular complexity index is 802. The molecule has 1 unspecified atom stereocenters. The van der Waals surface area contributed by atoms with Crippen molar-refractivity contribution in [3.8, 4) is 5.75 Å². The van der Waals surface area contributed by atoms with Gasteiger partial charge in [-0.05, 0) is 32.9 Å². The van der Waals surface area contributed by atoms with Crippen LogP contribution in [0, 0.1) is 0 Å². The van der Waals surface area contributed by atoms with E-state index in [1.807, 2.05) is 6.07 Å². The molecular weight excluding hydrogens is 306 g/mol. The van der Waals surface area contributed by atoms with Gasteiger partial charge in [-0.2, -0.15) is 0 Å². The molecule has 3 rings (SSSR count). The lowest BCUT2D eigenvalue weighted by molar-refractivity contribution is -0.133. The number of nitrogen functional groups attached to an aromatic ring is 1. The Morgan fingerprint density at radius 3 is 2.54 bits per heavy atom. The van der Waals surface area contributed by atoms with Crippen molar-refractivity contribution >= 4 is 23.3 Å². The number of rotatable bonds is 3. The number of amides is 1. The summed E-state index contributed by atoms with van der Waals surface area (Å²) in [4.78, 5) is 31.3. The van der Waals surface area contributed by atoms with Gasteiger partial charge in [0.1, 0.15) is 5.82 Å². The van der Waals surface area contributed by atoms with Crippen molar-refractivity contribution in [3.05, 3.63) is 48.0 Å². The Hall–Kier alpha value is -2.89. The average Bonchev–Trinajstić information content (AvgIpc) is 2.56. The average molecular weight is 325 g/mol. The molecule has 124 valence electrons. The summed E-state index contributed by atoms with van der Waals surface area (Å²) in [5.41, 5.74) is 5.20. The van der Waals surface area contributed by atoms with Crippen LogP contribution < -0.4 is 15.4 Å². The molecule has 1 aromatic carbocycles. The number of ketones is 1. The number of aromatic nitrogens is 1. The van der Waals surface area contributed by atoms with Gasteiger partial charge in [0.15, 0.2) is 23.0 Å². The first-order valence-electron chi connectivity index (χ1n) is 7.70. The number of nitrogens with two attached hydrogens (primary N) is 1. The highest BCUT2D eigenvalue weighted by atomic mass is 16.5. The van der Waals surface area contributed by atoms with Gasteiger partial charge in [-0.3, -0.25) is 14.5 Å². The summed E-state index contributed by atoms with van der Waals surface area (Å²) in [7, 11) is 0. The van der Waals surface area contributed by atoms with Crippen LogP contribution in [0.5, 0.6) is 5.75 Å². The molecule has 0 spiro atoms. The van der Waals surface area contributed by atoms with Crippen LogP contribution in [0.2, 0.25) is 0 Å². The molecular formula is C18H19N3O3. The summed E-state index contributed by atoms with van der Waals surface area (Å²) in [5.74, 6) is 0.466. The number of nitrogens with zero attached hydrogens (tertiary/aromatic N) is 2. The number of hydrogen-bond acceptors (Lipinski definition) is 5. The van der Waals surface area contributed by atoms with Gasteiger partial charge in [0.25, 0.3) is 5.91 Å². The molecule has 1 aromatic heterocycles. The molecule has 1 atom stereocenters. The fourth-order valence-electron chi connectivity index (χ4n) is 2.73. The molecule has 6 heteroatoms. The van der Waals surface area contributed by atoms with E-state index in [0.717, 1.165) is 0 Å². The van der Waals surface area contributed by atoms with Crippen molar-refractivity contribution in [1.82, 2.24) is 4.98 Å². The highest BCUT2D eigenvalue weighted by Crippen LogP contribution is 2.38. The SMILES string of the molecule is CC(C(=O)c1ccccc1)N1C(=O)C(C)(C)Oc2ccc(N)nc21. The van der Waals surface area contributed by atoms with E-state index in [-0.39, 0.29) is 23.3 Å². The van der Waals surface area contributed by atoms with E-state index < -0.39 is 11.6 Å². The second-order valence-electron chi connectivity index (χ2n) is 6.25. The Morgan fingerprint density at radius 1 is 1.21 bits per heavy atom. The molecule has 0 saturated carbocycles. The first kappa shape index (κ1) is 16.0. The molecule has 1 aliphatic heterocycles. The Labute approximate surface area is 140 Å². The largest absolute Gasteiger partial charge is 0.474 e. The fourth-order valence-corrected chi connectivity index (χ4v) is 2.73. The second kappa shape index (κ2) is 5.63. The topological polar surface area (TPSA) is 85.5 Å². The number of carbonyl (C=O) groups is 2. The number of benzene rings is 1. The van der Waals surface area contributed by atoms with Gasteiger partial charge in [0.05, 0.1) is 6.04 Å². The van der Waals surface area contributed by atoms with E-state index in [4.69, 9.17) is 10.5 Å². The van der Waals surface area contributed by atoms with Crippen LogP contribution in [-0.2, 0) is 4.79 Å². The van der Waals surface area contributed by atoms with Gasteiger partial charge in [-0.1, -0.05) is 30.3 Å². The van der Waals surface area contributed by atoms with Crippen molar-refractivity contribution in [2.75, 3.05) is 10.6 Å². The number of fused-ring (bicyclic) bond motifs is 1. The summed E-state index contributed by atoms with van der Waals surface area (Å²) in [5, 5.41) is 0. The Kier molecular flexibility index (Phi) is 3.75. The van der Waals surface area contributed by atoms with E-state index in [1.54, 1.807) is 57.2 Å². The van der Waals surface area contributed by atoms with Crippen LogP contribution in [0.25, 0.3) is 0 Å². The third-order valence-corrected chi connectivity index (χ3v) is 4.01. The Balaban J connectivity index is 2.06. The maximum atomic E-state index is 12.9. The predicted molar refractivity (Wildman–Crippen MR) is 91.1 cm³/mol. The lowest BCUT2D eigenvalue weighted by Gasteiger charge is -2.40. The molecule has 2 N–H and O–H groups in total. The maximum Gasteiger partial charge on any atom is 0.272 e. The van der Waals surface area contributed by atoms with Gasteiger partial charge in [-0.15, -0.1) is 0 Å². The van der Waals surface area contributed by atoms with Gasteiger partial charge < -0.3 is 10.5 Å².